The fourth-order valence-electron chi connectivity index (χ4n) is 3.70. The first-order chi connectivity index (χ1) is 12.7. The molecule has 2 fully saturated rings. The number of ether oxygens (including phenoxy) is 1. The lowest BCUT2D eigenvalue weighted by atomic mass is 9.88. The van der Waals surface area contributed by atoms with E-state index in [4.69, 9.17) is 4.74 Å². The van der Waals surface area contributed by atoms with Gasteiger partial charge in [-0.3, -0.25) is 9.59 Å². The van der Waals surface area contributed by atoms with E-state index in [0.717, 1.165) is 38.5 Å². The minimum atomic E-state index is -0.544. The smallest absolute Gasteiger partial charge is 0.407 e. The molecule has 27 heavy (non-hydrogen) atoms. The standard InChI is InChI=1S/C20H35N3O4/c1-20(2,3)27-19(26)21-12-9-17(24)23-13-10-16(11-14-23)22-18(25)15-7-5-4-6-8-15/h15-16H,4-14H2,1-3H3,(H,21,26)(H,22,25). The van der Waals surface area contributed by atoms with Crippen LogP contribution in [0.15, 0.2) is 0 Å². The van der Waals surface area contributed by atoms with Gasteiger partial charge in [0.2, 0.25) is 11.8 Å². The lowest BCUT2D eigenvalue weighted by Gasteiger charge is -2.33. The van der Waals surface area contributed by atoms with Crippen molar-refractivity contribution in [2.45, 2.75) is 83.8 Å². The molecule has 0 spiro atoms. The number of nitrogens with zero attached hydrogens (tertiary/aromatic N) is 1. The van der Waals surface area contributed by atoms with Crippen molar-refractivity contribution in [2.24, 2.45) is 5.92 Å². The fourth-order valence-corrected chi connectivity index (χ4v) is 3.70. The van der Waals surface area contributed by atoms with Gasteiger partial charge in [0, 0.05) is 38.0 Å². The number of carbonyl (C=O) groups excluding carboxylic acids is 3. The average Bonchev–Trinajstić information content (AvgIpc) is 2.61. The van der Waals surface area contributed by atoms with E-state index in [9.17, 15) is 14.4 Å². The average molecular weight is 382 g/mol. The zero-order chi connectivity index (χ0) is 19.9. The summed E-state index contributed by atoms with van der Waals surface area (Å²) in [5, 5.41) is 5.79. The summed E-state index contributed by atoms with van der Waals surface area (Å²) in [6.45, 7) is 6.98. The molecule has 1 aliphatic carbocycles. The van der Waals surface area contributed by atoms with Gasteiger partial charge in [-0.15, -0.1) is 0 Å². The highest BCUT2D eigenvalue weighted by Crippen LogP contribution is 2.24. The van der Waals surface area contributed by atoms with Crippen LogP contribution < -0.4 is 10.6 Å². The summed E-state index contributed by atoms with van der Waals surface area (Å²) in [6.07, 6.45) is 6.92. The summed E-state index contributed by atoms with van der Waals surface area (Å²) >= 11 is 0. The minimum absolute atomic E-state index is 0.0307. The van der Waals surface area contributed by atoms with Crippen molar-refractivity contribution in [1.29, 1.82) is 0 Å². The maximum Gasteiger partial charge on any atom is 0.407 e. The zero-order valence-electron chi connectivity index (χ0n) is 17.0. The number of piperidine rings is 1. The quantitative estimate of drug-likeness (QED) is 0.766. The Kier molecular flexibility index (Phi) is 7.92. The highest BCUT2D eigenvalue weighted by Gasteiger charge is 2.27. The summed E-state index contributed by atoms with van der Waals surface area (Å²) in [5.41, 5.74) is -0.544. The van der Waals surface area contributed by atoms with Gasteiger partial charge in [-0.25, -0.2) is 4.79 Å². The molecule has 2 N–H and O–H groups in total. The van der Waals surface area contributed by atoms with Crippen molar-refractivity contribution in [2.75, 3.05) is 19.6 Å². The molecule has 1 heterocycles. The molecule has 1 saturated carbocycles. The molecule has 7 heteroatoms. The monoisotopic (exact) mass is 381 g/mol. The zero-order valence-corrected chi connectivity index (χ0v) is 17.0. The number of carbonyl (C=O) groups is 3. The Morgan fingerprint density at radius 2 is 1.63 bits per heavy atom. The first kappa shape index (κ1) is 21.5. The van der Waals surface area contributed by atoms with Gasteiger partial charge < -0.3 is 20.3 Å². The summed E-state index contributed by atoms with van der Waals surface area (Å²) in [5.74, 6) is 0.404. The van der Waals surface area contributed by atoms with Crippen LogP contribution in [0.4, 0.5) is 4.79 Å². The van der Waals surface area contributed by atoms with E-state index in [1.54, 1.807) is 20.8 Å². The molecule has 0 radical (unpaired) electrons. The fraction of sp³-hybridized carbons (Fsp3) is 0.850. The largest absolute Gasteiger partial charge is 0.444 e. The first-order valence-corrected chi connectivity index (χ1v) is 10.3. The van der Waals surface area contributed by atoms with Gasteiger partial charge in [0.1, 0.15) is 5.60 Å². The van der Waals surface area contributed by atoms with E-state index >= 15 is 0 Å². The van der Waals surface area contributed by atoms with Crippen molar-refractivity contribution in [3.05, 3.63) is 0 Å². The van der Waals surface area contributed by atoms with Crippen LogP contribution in [0.25, 0.3) is 0 Å². The summed E-state index contributed by atoms with van der Waals surface area (Å²) in [4.78, 5) is 38.0. The van der Waals surface area contributed by atoms with Crippen molar-refractivity contribution in [1.82, 2.24) is 15.5 Å². The Labute approximate surface area is 162 Å². The second-order valence-corrected chi connectivity index (χ2v) is 8.68. The number of rotatable bonds is 5. The SMILES string of the molecule is CC(C)(C)OC(=O)NCCC(=O)N1CCC(NC(=O)C2CCCCC2)CC1. The predicted octanol–water partition coefficient (Wildman–Crippen LogP) is 2.59. The number of amides is 3. The van der Waals surface area contributed by atoms with Crippen molar-refractivity contribution >= 4 is 17.9 Å². The van der Waals surface area contributed by atoms with Gasteiger partial charge in [0.25, 0.3) is 0 Å². The molecule has 0 aromatic rings. The maximum absolute atomic E-state index is 12.3. The maximum atomic E-state index is 12.3. The van der Waals surface area contributed by atoms with Crippen LogP contribution in [0.3, 0.4) is 0 Å². The number of likely N-dealkylation sites (tertiary alicyclic amines) is 1. The van der Waals surface area contributed by atoms with Crippen molar-refractivity contribution < 1.29 is 19.1 Å². The molecule has 0 atom stereocenters. The second-order valence-electron chi connectivity index (χ2n) is 8.68. The topological polar surface area (TPSA) is 87.7 Å². The summed E-state index contributed by atoms with van der Waals surface area (Å²) in [7, 11) is 0. The van der Waals surface area contributed by atoms with E-state index in [1.165, 1.54) is 6.42 Å². The van der Waals surface area contributed by atoms with E-state index in [-0.39, 0.29) is 36.7 Å². The molecule has 0 aromatic carbocycles. The Morgan fingerprint density at radius 1 is 1.00 bits per heavy atom. The van der Waals surface area contributed by atoms with E-state index in [2.05, 4.69) is 10.6 Å². The predicted molar refractivity (Wildman–Crippen MR) is 103 cm³/mol. The van der Waals surface area contributed by atoms with Gasteiger partial charge in [0.05, 0.1) is 0 Å². The van der Waals surface area contributed by atoms with Crippen LogP contribution in [0.5, 0.6) is 0 Å². The lowest BCUT2D eigenvalue weighted by Crippen LogP contribution is -2.48. The van der Waals surface area contributed by atoms with E-state index < -0.39 is 11.7 Å². The number of hydrogen-bond donors (Lipinski definition) is 2. The molecular weight excluding hydrogens is 346 g/mol. The molecule has 3 amide bonds. The lowest BCUT2D eigenvalue weighted by molar-refractivity contribution is -0.132. The van der Waals surface area contributed by atoms with Crippen molar-refractivity contribution in [3.63, 3.8) is 0 Å². The summed E-state index contributed by atoms with van der Waals surface area (Å²) in [6, 6.07) is 0.170. The van der Waals surface area contributed by atoms with Crippen LogP contribution in [0.1, 0.15) is 72.1 Å². The molecule has 1 aliphatic heterocycles. The molecule has 154 valence electrons. The Morgan fingerprint density at radius 3 is 2.22 bits per heavy atom. The normalized spacial score (nSPS) is 19.4. The molecule has 0 bridgehead atoms. The van der Waals surface area contributed by atoms with E-state index in [1.807, 2.05) is 4.90 Å². The molecule has 0 aromatic heterocycles. The number of alkyl carbamates (subject to hydrolysis) is 1. The molecule has 2 aliphatic rings. The molecule has 0 unspecified atom stereocenters. The van der Waals surface area contributed by atoms with Crippen LogP contribution in [-0.2, 0) is 14.3 Å². The first-order valence-electron chi connectivity index (χ1n) is 10.3. The molecule has 7 nitrogen and oxygen atoms in total. The number of hydrogen-bond acceptors (Lipinski definition) is 4. The molecule has 2 rings (SSSR count). The van der Waals surface area contributed by atoms with E-state index in [0.29, 0.717) is 13.1 Å². The third-order valence-corrected chi connectivity index (χ3v) is 5.18. The summed E-state index contributed by atoms with van der Waals surface area (Å²) < 4.78 is 5.15. The highest BCUT2D eigenvalue weighted by molar-refractivity contribution is 5.79. The van der Waals surface area contributed by atoms with Crippen molar-refractivity contribution in [3.8, 4) is 0 Å². The van der Waals surface area contributed by atoms with Gasteiger partial charge in [-0.05, 0) is 46.5 Å². The second kappa shape index (κ2) is 9.95. The molecular formula is C20H35N3O4. The number of nitrogens with one attached hydrogen (secondary N) is 2. The third-order valence-electron chi connectivity index (χ3n) is 5.18. The van der Waals surface area contributed by atoms with Gasteiger partial charge in [-0.1, -0.05) is 19.3 Å². The van der Waals surface area contributed by atoms with Gasteiger partial charge in [-0.2, -0.15) is 0 Å². The van der Waals surface area contributed by atoms with Gasteiger partial charge >= 0.3 is 6.09 Å². The Bertz CT molecular complexity index is 516. The van der Waals surface area contributed by atoms with Crippen LogP contribution >= 0.6 is 0 Å². The van der Waals surface area contributed by atoms with Crippen LogP contribution in [-0.4, -0.2) is 54.1 Å². The molecule has 1 saturated heterocycles. The van der Waals surface area contributed by atoms with Gasteiger partial charge in [0.15, 0.2) is 0 Å². The third kappa shape index (κ3) is 7.77. The Hall–Kier alpha value is -1.79. The van der Waals surface area contributed by atoms with Crippen LogP contribution in [0.2, 0.25) is 0 Å². The van der Waals surface area contributed by atoms with Crippen LogP contribution in [0, 0.1) is 5.92 Å². The minimum Gasteiger partial charge on any atom is -0.444 e. The highest BCUT2D eigenvalue weighted by atomic mass is 16.6. The Balaban J connectivity index is 1.62.